The first kappa shape index (κ1) is 11.7. The van der Waals surface area contributed by atoms with Crippen molar-refractivity contribution in [1.82, 2.24) is 0 Å². The van der Waals surface area contributed by atoms with Crippen LogP contribution in [0.3, 0.4) is 0 Å². The van der Waals surface area contributed by atoms with Crippen LogP contribution in [0, 0.1) is 6.92 Å². The highest BCUT2D eigenvalue weighted by atomic mass is 16.7. The number of hydrogen-bond acceptors (Lipinski definition) is 3. The lowest BCUT2D eigenvalue weighted by molar-refractivity contribution is -0.104. The second kappa shape index (κ2) is 6.19. The predicted molar refractivity (Wildman–Crippen MR) is 57.2 cm³/mol. The fraction of sp³-hybridized carbons (Fsp3) is 0.333. The van der Waals surface area contributed by atoms with Crippen molar-refractivity contribution in [2.24, 2.45) is 0 Å². The summed E-state index contributed by atoms with van der Waals surface area (Å²) in [5.74, 6) is -0.377. The molecule has 3 heteroatoms. The molecule has 0 aliphatic rings. The second-order valence-electron chi connectivity index (χ2n) is 2.94. The molecule has 1 atom stereocenters. The first-order valence-electron chi connectivity index (χ1n) is 4.94. The van der Waals surface area contributed by atoms with E-state index in [9.17, 15) is 4.79 Å². The van der Waals surface area contributed by atoms with Gasteiger partial charge in [-0.25, -0.2) is 4.79 Å². The fourth-order valence-corrected chi connectivity index (χ4v) is 1.12. The Morgan fingerprint density at radius 2 is 2.07 bits per heavy atom. The molecule has 0 saturated carbocycles. The van der Waals surface area contributed by atoms with E-state index in [-0.39, 0.29) is 5.97 Å². The fourth-order valence-electron chi connectivity index (χ4n) is 1.12. The maximum Gasteiger partial charge on any atom is 0.340 e. The SMILES string of the molecule is [CH2]CC(OCC)OC(=O)c1ccccc1. The van der Waals surface area contributed by atoms with E-state index in [4.69, 9.17) is 9.47 Å². The summed E-state index contributed by atoms with van der Waals surface area (Å²) in [7, 11) is 0. The van der Waals surface area contributed by atoms with Gasteiger partial charge in [0.2, 0.25) is 6.29 Å². The summed E-state index contributed by atoms with van der Waals surface area (Å²) in [6, 6.07) is 8.83. The molecule has 0 heterocycles. The van der Waals surface area contributed by atoms with Gasteiger partial charge >= 0.3 is 5.97 Å². The van der Waals surface area contributed by atoms with Gasteiger partial charge in [0, 0.05) is 13.0 Å². The Labute approximate surface area is 90.0 Å². The van der Waals surface area contributed by atoms with E-state index in [1.165, 1.54) is 0 Å². The van der Waals surface area contributed by atoms with Crippen LogP contribution in [0.15, 0.2) is 30.3 Å². The Bertz CT molecular complexity index is 295. The van der Waals surface area contributed by atoms with Crippen molar-refractivity contribution in [2.75, 3.05) is 6.61 Å². The van der Waals surface area contributed by atoms with Gasteiger partial charge in [0.05, 0.1) is 5.56 Å². The monoisotopic (exact) mass is 207 g/mol. The van der Waals surface area contributed by atoms with Crippen molar-refractivity contribution in [3.63, 3.8) is 0 Å². The van der Waals surface area contributed by atoms with Crippen LogP contribution in [0.25, 0.3) is 0 Å². The Morgan fingerprint density at radius 1 is 1.40 bits per heavy atom. The molecule has 0 aliphatic heterocycles. The summed E-state index contributed by atoms with van der Waals surface area (Å²) in [5.41, 5.74) is 0.524. The quantitative estimate of drug-likeness (QED) is 0.549. The lowest BCUT2D eigenvalue weighted by Gasteiger charge is -2.15. The van der Waals surface area contributed by atoms with Gasteiger partial charge in [-0.2, -0.15) is 0 Å². The minimum Gasteiger partial charge on any atom is -0.432 e. The second-order valence-corrected chi connectivity index (χ2v) is 2.94. The number of carbonyl (C=O) groups excluding carboxylic acids is 1. The highest BCUT2D eigenvalue weighted by molar-refractivity contribution is 5.89. The molecule has 0 bridgehead atoms. The summed E-state index contributed by atoms with van der Waals surface area (Å²) < 4.78 is 10.3. The molecule has 1 aromatic rings. The Balaban J connectivity index is 2.55. The first-order chi connectivity index (χ1) is 7.27. The van der Waals surface area contributed by atoms with E-state index in [0.717, 1.165) is 0 Å². The van der Waals surface area contributed by atoms with Crippen LogP contribution < -0.4 is 0 Å². The molecule has 1 aromatic carbocycles. The molecule has 1 rings (SSSR count). The van der Waals surface area contributed by atoms with Crippen LogP contribution in [0.1, 0.15) is 23.7 Å². The maximum absolute atomic E-state index is 11.6. The highest BCUT2D eigenvalue weighted by Gasteiger charge is 2.13. The third-order valence-electron chi connectivity index (χ3n) is 1.84. The molecule has 15 heavy (non-hydrogen) atoms. The molecule has 0 amide bonds. The minimum absolute atomic E-state index is 0.377. The smallest absolute Gasteiger partial charge is 0.340 e. The molecule has 81 valence electrons. The zero-order valence-corrected chi connectivity index (χ0v) is 8.81. The van der Waals surface area contributed by atoms with Crippen molar-refractivity contribution in [2.45, 2.75) is 19.6 Å². The largest absolute Gasteiger partial charge is 0.432 e. The lowest BCUT2D eigenvalue weighted by atomic mass is 10.2. The maximum atomic E-state index is 11.6. The Morgan fingerprint density at radius 3 is 2.60 bits per heavy atom. The zero-order valence-electron chi connectivity index (χ0n) is 8.81. The molecule has 0 spiro atoms. The first-order valence-corrected chi connectivity index (χ1v) is 4.94. The number of ether oxygens (including phenoxy) is 2. The van der Waals surface area contributed by atoms with Crippen LogP contribution in [0.5, 0.6) is 0 Å². The van der Waals surface area contributed by atoms with Crippen LogP contribution in [-0.4, -0.2) is 18.9 Å². The van der Waals surface area contributed by atoms with Gasteiger partial charge in [0.1, 0.15) is 0 Å². The van der Waals surface area contributed by atoms with Gasteiger partial charge in [-0.3, -0.25) is 0 Å². The van der Waals surface area contributed by atoms with Gasteiger partial charge in [0.25, 0.3) is 0 Å². The molecule has 0 N–H and O–H groups in total. The van der Waals surface area contributed by atoms with E-state index in [1.807, 2.05) is 13.0 Å². The van der Waals surface area contributed by atoms with Crippen LogP contribution >= 0.6 is 0 Å². The molecule has 3 nitrogen and oxygen atoms in total. The van der Waals surface area contributed by atoms with Crippen molar-refractivity contribution in [1.29, 1.82) is 0 Å². The van der Waals surface area contributed by atoms with Gasteiger partial charge < -0.3 is 9.47 Å². The summed E-state index contributed by atoms with van der Waals surface area (Å²) in [4.78, 5) is 11.6. The van der Waals surface area contributed by atoms with Crippen LogP contribution in [0.2, 0.25) is 0 Å². The molecular weight excluding hydrogens is 192 g/mol. The third-order valence-corrected chi connectivity index (χ3v) is 1.84. The minimum atomic E-state index is -0.553. The van der Waals surface area contributed by atoms with Gasteiger partial charge in [-0.15, -0.1) is 0 Å². The highest BCUT2D eigenvalue weighted by Crippen LogP contribution is 2.06. The average molecular weight is 207 g/mol. The summed E-state index contributed by atoms with van der Waals surface area (Å²) in [5, 5.41) is 0. The lowest BCUT2D eigenvalue weighted by Crippen LogP contribution is -2.20. The number of carbonyl (C=O) groups is 1. The molecule has 0 aliphatic carbocycles. The van der Waals surface area contributed by atoms with Crippen molar-refractivity contribution < 1.29 is 14.3 Å². The third kappa shape index (κ3) is 3.72. The molecule has 0 saturated heterocycles. The average Bonchev–Trinajstić information content (AvgIpc) is 2.29. The zero-order chi connectivity index (χ0) is 11.1. The molecule has 0 aromatic heterocycles. The molecular formula is C12H15O3. The Kier molecular flexibility index (Phi) is 4.84. The van der Waals surface area contributed by atoms with E-state index < -0.39 is 6.29 Å². The molecule has 1 radical (unpaired) electrons. The van der Waals surface area contributed by atoms with E-state index in [0.29, 0.717) is 18.6 Å². The summed E-state index contributed by atoms with van der Waals surface area (Å²) in [6.07, 6.45) is -0.144. The molecule has 1 unspecified atom stereocenters. The summed E-state index contributed by atoms with van der Waals surface area (Å²) >= 11 is 0. The van der Waals surface area contributed by atoms with E-state index in [1.54, 1.807) is 24.3 Å². The topological polar surface area (TPSA) is 35.5 Å². The standard InChI is InChI=1S/C12H15O3/c1-3-11(14-4-2)15-12(13)10-8-6-5-7-9-10/h5-9,11H,1,3-4H2,2H3. The normalized spacial score (nSPS) is 12.1. The number of hydrogen-bond donors (Lipinski definition) is 0. The predicted octanol–water partition coefficient (Wildman–Crippen LogP) is 2.43. The molecule has 0 fully saturated rings. The van der Waals surface area contributed by atoms with Gasteiger partial charge in [0.15, 0.2) is 0 Å². The van der Waals surface area contributed by atoms with Crippen LogP contribution in [0.4, 0.5) is 0 Å². The van der Waals surface area contributed by atoms with Gasteiger partial charge in [-0.1, -0.05) is 18.2 Å². The van der Waals surface area contributed by atoms with E-state index >= 15 is 0 Å². The van der Waals surface area contributed by atoms with Crippen molar-refractivity contribution in [3.05, 3.63) is 42.8 Å². The summed E-state index contributed by atoms with van der Waals surface area (Å²) in [6.45, 7) is 6.00. The van der Waals surface area contributed by atoms with Crippen molar-refractivity contribution in [3.8, 4) is 0 Å². The Hall–Kier alpha value is -1.35. The number of rotatable bonds is 5. The van der Waals surface area contributed by atoms with Crippen molar-refractivity contribution >= 4 is 5.97 Å². The van der Waals surface area contributed by atoms with Gasteiger partial charge in [-0.05, 0) is 26.0 Å². The number of benzene rings is 1. The number of esters is 1. The van der Waals surface area contributed by atoms with Crippen LogP contribution in [-0.2, 0) is 9.47 Å². The van der Waals surface area contributed by atoms with E-state index in [2.05, 4.69) is 6.92 Å².